The third kappa shape index (κ3) is 3.00. The van der Waals surface area contributed by atoms with Gasteiger partial charge in [0.1, 0.15) is 0 Å². The third-order valence-electron chi connectivity index (χ3n) is 3.95. The Labute approximate surface area is 118 Å². The molecule has 2 N–H and O–H groups in total. The number of aliphatic carboxylic acids is 1. The van der Waals surface area contributed by atoms with E-state index >= 15 is 0 Å². The van der Waals surface area contributed by atoms with Crippen molar-refractivity contribution in [2.45, 2.75) is 51.6 Å². The summed E-state index contributed by atoms with van der Waals surface area (Å²) in [4.78, 5) is 13.3. The minimum atomic E-state index is -0.769. The summed E-state index contributed by atoms with van der Waals surface area (Å²) in [7, 11) is 0. The molecule has 1 aromatic heterocycles. The maximum atomic E-state index is 11.2. The third-order valence-corrected chi connectivity index (χ3v) is 5.53. The SMILES string of the molecule is CC(C)(C)c1ccc(C(O)C2CCCC2C(=O)O)s1. The maximum absolute atomic E-state index is 11.2. The molecule has 3 atom stereocenters. The van der Waals surface area contributed by atoms with E-state index in [1.54, 1.807) is 11.3 Å². The van der Waals surface area contributed by atoms with Gasteiger partial charge in [-0.15, -0.1) is 11.3 Å². The molecule has 1 heterocycles. The minimum Gasteiger partial charge on any atom is -0.481 e. The van der Waals surface area contributed by atoms with Gasteiger partial charge < -0.3 is 10.2 Å². The van der Waals surface area contributed by atoms with Crippen LogP contribution in [0.1, 0.15) is 55.9 Å². The fourth-order valence-electron chi connectivity index (χ4n) is 2.80. The Bertz CT molecular complexity index is 458. The second-order valence-corrected chi connectivity index (χ2v) is 7.55. The van der Waals surface area contributed by atoms with Crippen LogP contribution in [-0.2, 0) is 10.2 Å². The van der Waals surface area contributed by atoms with E-state index in [-0.39, 0.29) is 11.3 Å². The molecule has 1 aliphatic carbocycles. The second-order valence-electron chi connectivity index (χ2n) is 6.44. The number of hydrogen-bond donors (Lipinski definition) is 2. The topological polar surface area (TPSA) is 57.5 Å². The normalized spacial score (nSPS) is 25.5. The van der Waals surface area contributed by atoms with Crippen molar-refractivity contribution in [1.29, 1.82) is 0 Å². The standard InChI is InChI=1S/C15H22O3S/c1-15(2,3)12-8-7-11(19-12)13(16)9-5-4-6-10(9)14(17)18/h7-10,13,16H,4-6H2,1-3H3,(H,17,18). The average molecular weight is 282 g/mol. The van der Waals surface area contributed by atoms with Crippen LogP contribution in [0.4, 0.5) is 0 Å². The van der Waals surface area contributed by atoms with Gasteiger partial charge in [0.25, 0.3) is 0 Å². The van der Waals surface area contributed by atoms with E-state index in [4.69, 9.17) is 0 Å². The van der Waals surface area contributed by atoms with E-state index < -0.39 is 18.0 Å². The molecular weight excluding hydrogens is 260 g/mol. The first-order chi connectivity index (χ1) is 8.80. The number of hydrogen-bond acceptors (Lipinski definition) is 3. The summed E-state index contributed by atoms with van der Waals surface area (Å²) in [6.45, 7) is 6.43. The first-order valence-corrected chi connectivity index (χ1v) is 7.63. The molecule has 4 heteroatoms. The zero-order valence-corrected chi connectivity index (χ0v) is 12.5. The monoisotopic (exact) mass is 282 g/mol. The van der Waals surface area contributed by atoms with Gasteiger partial charge in [0.05, 0.1) is 12.0 Å². The molecule has 0 saturated heterocycles. The number of aliphatic hydroxyl groups excluding tert-OH is 1. The van der Waals surface area contributed by atoms with Gasteiger partial charge in [0.15, 0.2) is 0 Å². The molecule has 106 valence electrons. The van der Waals surface area contributed by atoms with Crippen LogP contribution in [-0.4, -0.2) is 16.2 Å². The van der Waals surface area contributed by atoms with Gasteiger partial charge in [-0.1, -0.05) is 27.2 Å². The fraction of sp³-hybridized carbons (Fsp3) is 0.667. The van der Waals surface area contributed by atoms with E-state index in [1.807, 2.05) is 12.1 Å². The van der Waals surface area contributed by atoms with Crippen molar-refractivity contribution in [1.82, 2.24) is 0 Å². The second kappa shape index (κ2) is 5.25. The van der Waals surface area contributed by atoms with E-state index in [0.717, 1.165) is 17.7 Å². The van der Waals surface area contributed by atoms with Crippen molar-refractivity contribution in [3.63, 3.8) is 0 Å². The molecule has 19 heavy (non-hydrogen) atoms. The molecular formula is C15H22O3S. The molecule has 0 bridgehead atoms. The van der Waals surface area contributed by atoms with Crippen molar-refractivity contribution in [2.75, 3.05) is 0 Å². The number of carboxylic acids is 1. The Morgan fingerprint density at radius 1 is 1.37 bits per heavy atom. The van der Waals surface area contributed by atoms with Crippen molar-refractivity contribution in [3.8, 4) is 0 Å². The lowest BCUT2D eigenvalue weighted by Crippen LogP contribution is -2.23. The van der Waals surface area contributed by atoms with Crippen molar-refractivity contribution < 1.29 is 15.0 Å². The molecule has 3 unspecified atom stereocenters. The van der Waals surface area contributed by atoms with Crippen molar-refractivity contribution >= 4 is 17.3 Å². The highest BCUT2D eigenvalue weighted by Gasteiger charge is 2.38. The highest BCUT2D eigenvalue weighted by atomic mass is 32.1. The quantitative estimate of drug-likeness (QED) is 0.891. The minimum absolute atomic E-state index is 0.0739. The van der Waals surface area contributed by atoms with Crippen LogP contribution >= 0.6 is 11.3 Å². The van der Waals surface area contributed by atoms with Crippen molar-refractivity contribution in [2.24, 2.45) is 11.8 Å². The Hall–Kier alpha value is -0.870. The van der Waals surface area contributed by atoms with Crippen LogP contribution in [0.15, 0.2) is 12.1 Å². The molecule has 0 aliphatic heterocycles. The predicted molar refractivity (Wildman–Crippen MR) is 76.4 cm³/mol. The summed E-state index contributed by atoms with van der Waals surface area (Å²) in [5, 5.41) is 19.7. The Balaban J connectivity index is 2.17. The van der Waals surface area contributed by atoms with E-state index in [0.29, 0.717) is 6.42 Å². The van der Waals surface area contributed by atoms with Gasteiger partial charge in [-0.2, -0.15) is 0 Å². The highest BCUT2D eigenvalue weighted by molar-refractivity contribution is 7.12. The van der Waals surface area contributed by atoms with Gasteiger partial charge in [-0.25, -0.2) is 0 Å². The smallest absolute Gasteiger partial charge is 0.306 e. The van der Waals surface area contributed by atoms with Crippen LogP contribution in [0.2, 0.25) is 0 Å². The molecule has 0 amide bonds. The van der Waals surface area contributed by atoms with Crippen molar-refractivity contribution in [3.05, 3.63) is 21.9 Å². The molecule has 0 aromatic carbocycles. The molecule has 2 rings (SSSR count). The van der Waals surface area contributed by atoms with Crippen LogP contribution in [0, 0.1) is 11.8 Å². The van der Waals surface area contributed by atoms with E-state index in [9.17, 15) is 15.0 Å². The largest absolute Gasteiger partial charge is 0.481 e. The molecule has 1 fully saturated rings. The lowest BCUT2D eigenvalue weighted by molar-refractivity contribution is -0.144. The molecule has 3 nitrogen and oxygen atoms in total. The number of thiophene rings is 1. The van der Waals surface area contributed by atoms with Gasteiger partial charge in [0, 0.05) is 15.7 Å². The van der Waals surface area contributed by atoms with Gasteiger partial charge in [-0.05, 0) is 30.4 Å². The fourth-order valence-corrected chi connectivity index (χ4v) is 3.93. The Morgan fingerprint density at radius 3 is 2.58 bits per heavy atom. The van der Waals surface area contributed by atoms with Gasteiger partial charge in [-0.3, -0.25) is 4.79 Å². The van der Waals surface area contributed by atoms with Crippen LogP contribution in [0.3, 0.4) is 0 Å². The van der Waals surface area contributed by atoms with Gasteiger partial charge in [0.2, 0.25) is 0 Å². The first-order valence-electron chi connectivity index (χ1n) is 6.82. The van der Waals surface area contributed by atoms with E-state index in [1.165, 1.54) is 4.88 Å². The van der Waals surface area contributed by atoms with Crippen LogP contribution in [0.25, 0.3) is 0 Å². The summed E-state index contributed by atoms with van der Waals surface area (Å²) in [6, 6.07) is 4.00. The number of aliphatic hydroxyl groups is 1. The molecule has 1 aliphatic rings. The average Bonchev–Trinajstić information content (AvgIpc) is 2.96. The Morgan fingerprint density at radius 2 is 2.05 bits per heavy atom. The summed E-state index contributed by atoms with van der Waals surface area (Å²) >= 11 is 1.61. The van der Waals surface area contributed by atoms with Crippen LogP contribution in [0.5, 0.6) is 0 Å². The Kier molecular flexibility index (Phi) is 4.02. The molecule has 0 radical (unpaired) electrons. The first kappa shape index (κ1) is 14.5. The highest BCUT2D eigenvalue weighted by Crippen LogP contribution is 2.43. The maximum Gasteiger partial charge on any atom is 0.306 e. The summed E-state index contributed by atoms with van der Waals surface area (Å²) in [5.74, 6) is -1.30. The number of carboxylic acid groups (broad SMARTS) is 1. The molecule has 1 aromatic rings. The zero-order valence-electron chi connectivity index (χ0n) is 11.7. The lowest BCUT2D eigenvalue weighted by atomic mass is 9.90. The zero-order chi connectivity index (χ0) is 14.2. The number of carbonyl (C=O) groups is 1. The molecule has 0 spiro atoms. The predicted octanol–water partition coefficient (Wildman–Crippen LogP) is 3.58. The van der Waals surface area contributed by atoms with Gasteiger partial charge >= 0.3 is 5.97 Å². The number of rotatable bonds is 3. The lowest BCUT2D eigenvalue weighted by Gasteiger charge is -2.21. The van der Waals surface area contributed by atoms with Crippen LogP contribution < -0.4 is 0 Å². The van der Waals surface area contributed by atoms with E-state index in [2.05, 4.69) is 20.8 Å². The summed E-state index contributed by atoms with van der Waals surface area (Å²) < 4.78 is 0. The summed E-state index contributed by atoms with van der Waals surface area (Å²) in [5.41, 5.74) is 0.0739. The summed E-state index contributed by atoms with van der Waals surface area (Å²) in [6.07, 6.45) is 1.76. The molecule has 1 saturated carbocycles.